The molecule has 0 unspecified atom stereocenters. The minimum absolute atomic E-state index is 0.0510. The van der Waals surface area contributed by atoms with Gasteiger partial charge in [0.2, 0.25) is 0 Å². The standard InChI is InChI=1S/C28H25N5O/c34-28(25-16-30-26-9-5-4-8-24(25)26)33-13-12-32(18-23-15-29-19-31-23)27-11-10-21(14-22(27)17-33)20-6-2-1-3-7-20/h1-11,14-16,19,30H,12-13,17-18H2,(H,29,31). The minimum atomic E-state index is 0.0510. The number of anilines is 1. The molecule has 0 bridgehead atoms. The number of para-hydroxylation sites is 1. The van der Waals surface area contributed by atoms with E-state index in [0.29, 0.717) is 19.6 Å². The zero-order chi connectivity index (χ0) is 22.9. The van der Waals surface area contributed by atoms with E-state index < -0.39 is 0 Å². The second-order valence-corrected chi connectivity index (χ2v) is 8.67. The molecule has 2 aromatic heterocycles. The highest BCUT2D eigenvalue weighted by Gasteiger charge is 2.26. The summed E-state index contributed by atoms with van der Waals surface area (Å²) >= 11 is 0. The number of imidazole rings is 1. The van der Waals surface area contributed by atoms with Crippen LogP contribution in [-0.2, 0) is 13.1 Å². The molecule has 0 fully saturated rings. The fraction of sp³-hybridized carbons (Fsp3) is 0.143. The van der Waals surface area contributed by atoms with Gasteiger partial charge in [-0.05, 0) is 34.9 Å². The lowest BCUT2D eigenvalue weighted by Gasteiger charge is -2.24. The summed E-state index contributed by atoms with van der Waals surface area (Å²) in [6, 6.07) is 24.9. The van der Waals surface area contributed by atoms with E-state index in [2.05, 4.69) is 62.3 Å². The smallest absolute Gasteiger partial charge is 0.256 e. The second kappa shape index (κ2) is 8.56. The highest BCUT2D eigenvalue weighted by Crippen LogP contribution is 2.32. The molecule has 5 aromatic rings. The average molecular weight is 448 g/mol. The van der Waals surface area contributed by atoms with Crippen molar-refractivity contribution in [3.8, 4) is 11.1 Å². The Morgan fingerprint density at radius 1 is 0.912 bits per heavy atom. The summed E-state index contributed by atoms with van der Waals surface area (Å²) in [4.78, 5) is 28.7. The third-order valence-electron chi connectivity index (χ3n) is 6.54. The fourth-order valence-corrected chi connectivity index (χ4v) is 4.81. The van der Waals surface area contributed by atoms with E-state index in [1.54, 1.807) is 6.33 Å². The van der Waals surface area contributed by atoms with Crippen molar-refractivity contribution in [1.29, 1.82) is 0 Å². The number of fused-ring (bicyclic) bond motifs is 2. The number of carbonyl (C=O) groups excluding carboxylic acids is 1. The van der Waals surface area contributed by atoms with Gasteiger partial charge in [0.25, 0.3) is 5.91 Å². The topological polar surface area (TPSA) is 68.0 Å². The molecule has 1 amide bonds. The Kier molecular flexibility index (Phi) is 5.11. The third kappa shape index (κ3) is 3.73. The molecule has 6 nitrogen and oxygen atoms in total. The molecule has 0 atom stereocenters. The first-order valence-corrected chi connectivity index (χ1v) is 11.5. The maximum atomic E-state index is 13.7. The first-order valence-electron chi connectivity index (χ1n) is 11.5. The molecule has 168 valence electrons. The molecule has 0 aliphatic carbocycles. The lowest BCUT2D eigenvalue weighted by Crippen LogP contribution is -2.35. The Hall–Kier alpha value is -4.32. The van der Waals surface area contributed by atoms with E-state index >= 15 is 0 Å². The Morgan fingerprint density at radius 2 is 1.76 bits per heavy atom. The van der Waals surface area contributed by atoms with Gasteiger partial charge in [-0.2, -0.15) is 0 Å². The number of rotatable bonds is 4. The maximum Gasteiger partial charge on any atom is 0.256 e. The van der Waals surface area contributed by atoms with Gasteiger partial charge in [-0.15, -0.1) is 0 Å². The Bertz CT molecular complexity index is 1440. The molecule has 0 spiro atoms. The summed E-state index contributed by atoms with van der Waals surface area (Å²) in [5.74, 6) is 0.0510. The lowest BCUT2D eigenvalue weighted by atomic mass is 10.0. The molecule has 2 N–H and O–H groups in total. The number of nitrogens with one attached hydrogen (secondary N) is 2. The van der Waals surface area contributed by atoms with Gasteiger partial charge in [0.15, 0.2) is 0 Å². The van der Waals surface area contributed by atoms with Gasteiger partial charge in [-0.1, -0.05) is 54.6 Å². The normalized spacial score (nSPS) is 13.6. The van der Waals surface area contributed by atoms with Crippen LogP contribution in [0.4, 0.5) is 5.69 Å². The number of nitrogens with zero attached hydrogens (tertiary/aromatic N) is 3. The van der Waals surface area contributed by atoms with Crippen molar-refractivity contribution in [2.75, 3.05) is 18.0 Å². The third-order valence-corrected chi connectivity index (χ3v) is 6.54. The van der Waals surface area contributed by atoms with Crippen molar-refractivity contribution in [2.24, 2.45) is 0 Å². The zero-order valence-electron chi connectivity index (χ0n) is 18.7. The molecular weight excluding hydrogens is 422 g/mol. The van der Waals surface area contributed by atoms with Crippen LogP contribution in [0.25, 0.3) is 22.0 Å². The van der Waals surface area contributed by atoms with Gasteiger partial charge in [0, 0.05) is 48.6 Å². The van der Waals surface area contributed by atoms with Crippen molar-refractivity contribution in [2.45, 2.75) is 13.1 Å². The largest absolute Gasteiger partial charge is 0.364 e. The number of H-pyrrole nitrogens is 2. The van der Waals surface area contributed by atoms with Crippen LogP contribution < -0.4 is 4.90 Å². The van der Waals surface area contributed by atoms with Gasteiger partial charge in [-0.25, -0.2) is 4.98 Å². The fourth-order valence-electron chi connectivity index (χ4n) is 4.81. The predicted molar refractivity (Wildman–Crippen MR) is 135 cm³/mol. The summed E-state index contributed by atoms with van der Waals surface area (Å²) in [5, 5.41) is 0.961. The maximum absolute atomic E-state index is 13.7. The van der Waals surface area contributed by atoms with Crippen LogP contribution in [0.15, 0.2) is 91.5 Å². The quantitative estimate of drug-likeness (QED) is 0.397. The Balaban J connectivity index is 1.38. The Morgan fingerprint density at radius 3 is 2.62 bits per heavy atom. The van der Waals surface area contributed by atoms with Crippen LogP contribution in [0.3, 0.4) is 0 Å². The van der Waals surface area contributed by atoms with E-state index in [4.69, 9.17) is 0 Å². The number of aromatic amines is 2. The molecule has 6 heteroatoms. The molecular formula is C28H25N5O. The number of benzene rings is 3. The molecule has 1 aliphatic rings. The molecule has 1 aliphatic heterocycles. The summed E-state index contributed by atoms with van der Waals surface area (Å²) in [5.41, 5.74) is 7.29. The minimum Gasteiger partial charge on any atom is -0.364 e. The SMILES string of the molecule is O=C(c1c[nH]c2ccccc12)N1CCN(Cc2c[nH]cn2)c2ccc(-c3ccccc3)cc2C1. The molecule has 6 rings (SSSR count). The van der Waals surface area contributed by atoms with E-state index in [1.165, 1.54) is 5.56 Å². The van der Waals surface area contributed by atoms with Crippen LogP contribution in [0.2, 0.25) is 0 Å². The van der Waals surface area contributed by atoms with Gasteiger partial charge >= 0.3 is 0 Å². The van der Waals surface area contributed by atoms with Crippen molar-refractivity contribution in [3.05, 3.63) is 108 Å². The summed E-state index contributed by atoms with van der Waals surface area (Å²) in [7, 11) is 0. The number of hydrogen-bond donors (Lipinski definition) is 2. The monoisotopic (exact) mass is 447 g/mol. The highest BCUT2D eigenvalue weighted by atomic mass is 16.2. The Labute approximate surface area is 197 Å². The van der Waals surface area contributed by atoms with Crippen LogP contribution in [0, 0.1) is 0 Å². The van der Waals surface area contributed by atoms with E-state index in [1.807, 2.05) is 47.6 Å². The van der Waals surface area contributed by atoms with E-state index in [0.717, 1.165) is 45.5 Å². The van der Waals surface area contributed by atoms with Crippen molar-refractivity contribution in [1.82, 2.24) is 19.9 Å². The van der Waals surface area contributed by atoms with Gasteiger partial charge < -0.3 is 19.8 Å². The van der Waals surface area contributed by atoms with Crippen molar-refractivity contribution in [3.63, 3.8) is 0 Å². The number of amides is 1. The molecule has 0 radical (unpaired) electrons. The van der Waals surface area contributed by atoms with Gasteiger partial charge in [-0.3, -0.25) is 4.79 Å². The zero-order valence-corrected chi connectivity index (χ0v) is 18.7. The molecule has 0 saturated heterocycles. The summed E-state index contributed by atoms with van der Waals surface area (Å²) in [6.07, 6.45) is 5.47. The van der Waals surface area contributed by atoms with Crippen molar-refractivity contribution >= 4 is 22.5 Å². The second-order valence-electron chi connectivity index (χ2n) is 8.67. The van der Waals surface area contributed by atoms with Gasteiger partial charge in [0.05, 0.1) is 24.1 Å². The first kappa shape index (κ1) is 20.3. The van der Waals surface area contributed by atoms with E-state index in [-0.39, 0.29) is 5.91 Å². The van der Waals surface area contributed by atoms with Crippen LogP contribution in [0.5, 0.6) is 0 Å². The first-order chi connectivity index (χ1) is 16.8. The predicted octanol–water partition coefficient (Wildman–Crippen LogP) is 5.22. The number of aromatic nitrogens is 3. The van der Waals surface area contributed by atoms with Crippen LogP contribution >= 0.6 is 0 Å². The van der Waals surface area contributed by atoms with Crippen LogP contribution in [0.1, 0.15) is 21.6 Å². The highest BCUT2D eigenvalue weighted by molar-refractivity contribution is 6.06. The summed E-state index contributed by atoms with van der Waals surface area (Å²) < 4.78 is 0. The number of hydrogen-bond acceptors (Lipinski definition) is 3. The number of carbonyl (C=O) groups is 1. The van der Waals surface area contributed by atoms with Crippen LogP contribution in [-0.4, -0.2) is 38.8 Å². The van der Waals surface area contributed by atoms with Gasteiger partial charge in [0.1, 0.15) is 0 Å². The molecule has 3 heterocycles. The molecule has 34 heavy (non-hydrogen) atoms. The molecule has 3 aromatic carbocycles. The lowest BCUT2D eigenvalue weighted by molar-refractivity contribution is 0.0753. The average Bonchev–Trinajstić information content (AvgIpc) is 3.52. The van der Waals surface area contributed by atoms with E-state index in [9.17, 15) is 4.79 Å². The molecule has 0 saturated carbocycles. The summed E-state index contributed by atoms with van der Waals surface area (Å²) in [6.45, 7) is 2.62. The van der Waals surface area contributed by atoms with Crippen molar-refractivity contribution < 1.29 is 4.79 Å².